The first-order valence-electron chi connectivity index (χ1n) is 8.05. The molecule has 3 rings (SSSR count). The van der Waals surface area contributed by atoms with E-state index in [4.69, 9.17) is 4.74 Å². The van der Waals surface area contributed by atoms with E-state index in [0.29, 0.717) is 25.9 Å². The minimum absolute atomic E-state index is 0.170. The van der Waals surface area contributed by atoms with Crippen molar-refractivity contribution in [3.63, 3.8) is 0 Å². The van der Waals surface area contributed by atoms with Gasteiger partial charge in [-0.3, -0.25) is 9.59 Å². The van der Waals surface area contributed by atoms with Gasteiger partial charge in [0.15, 0.2) is 5.78 Å². The van der Waals surface area contributed by atoms with Crippen molar-refractivity contribution < 1.29 is 14.3 Å². The predicted molar refractivity (Wildman–Crippen MR) is 84.3 cm³/mol. The molecule has 1 amide bonds. The Hall–Kier alpha value is -1.84. The molecule has 1 spiro atoms. The molecule has 1 aromatic carbocycles. The van der Waals surface area contributed by atoms with Crippen LogP contribution in [0.5, 0.6) is 5.75 Å². The monoisotopic (exact) mass is 301 g/mol. The van der Waals surface area contributed by atoms with Crippen LogP contribution < -0.4 is 4.74 Å². The number of carbonyl (C=O) groups excluding carboxylic acids is 2. The molecule has 0 aliphatic carbocycles. The summed E-state index contributed by atoms with van der Waals surface area (Å²) >= 11 is 0. The summed E-state index contributed by atoms with van der Waals surface area (Å²) in [5, 5.41) is 0. The van der Waals surface area contributed by atoms with Gasteiger partial charge in [0.2, 0.25) is 5.91 Å². The Bertz CT molecular complexity index is 627. The summed E-state index contributed by atoms with van der Waals surface area (Å²) in [5.74, 6) is 1.10. The van der Waals surface area contributed by atoms with Crippen LogP contribution in [0.2, 0.25) is 0 Å². The summed E-state index contributed by atoms with van der Waals surface area (Å²) in [6.07, 6.45) is 2.43. The SMILES string of the molecule is CCC(=O)N1CCC2(CC1)CC(=O)c1cc(C)cc(C)c1O2. The van der Waals surface area contributed by atoms with Crippen LogP contribution in [-0.4, -0.2) is 35.3 Å². The van der Waals surface area contributed by atoms with Crippen LogP contribution in [0.15, 0.2) is 12.1 Å². The number of piperidine rings is 1. The van der Waals surface area contributed by atoms with E-state index in [2.05, 4.69) is 6.07 Å². The van der Waals surface area contributed by atoms with Crippen LogP contribution >= 0.6 is 0 Å². The van der Waals surface area contributed by atoms with Gasteiger partial charge in [0.05, 0.1) is 12.0 Å². The summed E-state index contributed by atoms with van der Waals surface area (Å²) in [7, 11) is 0. The summed E-state index contributed by atoms with van der Waals surface area (Å²) in [5.41, 5.74) is 2.41. The molecule has 22 heavy (non-hydrogen) atoms. The fourth-order valence-electron chi connectivity index (χ4n) is 3.60. The molecular formula is C18H23NO3. The maximum absolute atomic E-state index is 12.6. The first kappa shape index (κ1) is 15.1. The Morgan fingerprint density at radius 2 is 1.95 bits per heavy atom. The standard InChI is InChI=1S/C18H23NO3/c1-4-16(21)19-7-5-18(6-8-19)11-15(20)14-10-12(2)9-13(3)17(14)22-18/h9-10H,4-8,11H2,1-3H3. The van der Waals surface area contributed by atoms with E-state index in [1.54, 1.807) is 0 Å². The van der Waals surface area contributed by atoms with E-state index < -0.39 is 5.60 Å². The van der Waals surface area contributed by atoms with Crippen molar-refractivity contribution in [1.82, 2.24) is 4.90 Å². The Morgan fingerprint density at radius 1 is 1.27 bits per heavy atom. The molecule has 0 aromatic heterocycles. The number of carbonyl (C=O) groups is 2. The fourth-order valence-corrected chi connectivity index (χ4v) is 3.60. The van der Waals surface area contributed by atoms with Crippen molar-refractivity contribution in [3.8, 4) is 5.75 Å². The zero-order valence-electron chi connectivity index (χ0n) is 13.6. The molecule has 0 bridgehead atoms. The Morgan fingerprint density at radius 3 is 2.59 bits per heavy atom. The summed E-state index contributed by atoms with van der Waals surface area (Å²) < 4.78 is 6.32. The van der Waals surface area contributed by atoms with Crippen molar-refractivity contribution in [3.05, 3.63) is 28.8 Å². The second-order valence-electron chi connectivity index (χ2n) is 6.58. The lowest BCUT2D eigenvalue weighted by Gasteiger charge is -2.44. The van der Waals surface area contributed by atoms with Crippen LogP contribution in [0.1, 0.15) is 54.1 Å². The number of nitrogens with zero attached hydrogens (tertiary/aromatic N) is 1. The zero-order valence-corrected chi connectivity index (χ0v) is 13.6. The second kappa shape index (κ2) is 5.41. The summed E-state index contributed by atoms with van der Waals surface area (Å²) in [6, 6.07) is 3.98. The van der Waals surface area contributed by atoms with Crippen LogP contribution in [0, 0.1) is 13.8 Å². The van der Waals surface area contributed by atoms with Gasteiger partial charge in [0, 0.05) is 32.4 Å². The minimum atomic E-state index is -0.422. The Balaban J connectivity index is 1.84. The van der Waals surface area contributed by atoms with Gasteiger partial charge >= 0.3 is 0 Å². The zero-order chi connectivity index (χ0) is 15.9. The van der Waals surface area contributed by atoms with Gasteiger partial charge in [-0.15, -0.1) is 0 Å². The van der Waals surface area contributed by atoms with Crippen molar-refractivity contribution in [2.24, 2.45) is 0 Å². The molecule has 2 aliphatic heterocycles. The van der Waals surface area contributed by atoms with E-state index in [-0.39, 0.29) is 11.7 Å². The molecule has 4 heteroatoms. The van der Waals surface area contributed by atoms with Gasteiger partial charge in [-0.25, -0.2) is 0 Å². The quantitative estimate of drug-likeness (QED) is 0.801. The molecule has 1 saturated heterocycles. The lowest BCUT2D eigenvalue weighted by molar-refractivity contribution is -0.134. The van der Waals surface area contributed by atoms with Gasteiger partial charge < -0.3 is 9.64 Å². The average molecular weight is 301 g/mol. The maximum Gasteiger partial charge on any atom is 0.222 e. The number of hydrogen-bond donors (Lipinski definition) is 0. The number of Topliss-reactive ketones (excluding diaryl/α,β-unsaturated/α-hetero) is 1. The van der Waals surface area contributed by atoms with Crippen LogP contribution in [0.4, 0.5) is 0 Å². The highest BCUT2D eigenvalue weighted by Crippen LogP contribution is 2.41. The number of aryl methyl sites for hydroxylation is 2. The molecule has 4 nitrogen and oxygen atoms in total. The first-order chi connectivity index (χ1) is 10.4. The Labute approximate surface area is 131 Å². The van der Waals surface area contributed by atoms with Gasteiger partial charge in [-0.1, -0.05) is 13.0 Å². The van der Waals surface area contributed by atoms with Gasteiger partial charge in [-0.05, 0) is 31.0 Å². The molecule has 0 atom stereocenters. The van der Waals surface area contributed by atoms with Crippen LogP contribution in [-0.2, 0) is 4.79 Å². The average Bonchev–Trinajstić information content (AvgIpc) is 2.49. The molecule has 0 N–H and O–H groups in total. The first-order valence-corrected chi connectivity index (χ1v) is 8.05. The fraction of sp³-hybridized carbons (Fsp3) is 0.556. The lowest BCUT2D eigenvalue weighted by atomic mass is 9.81. The largest absolute Gasteiger partial charge is 0.486 e. The number of fused-ring (bicyclic) bond motifs is 1. The molecular weight excluding hydrogens is 278 g/mol. The molecule has 2 heterocycles. The number of amides is 1. The molecule has 0 saturated carbocycles. The van der Waals surface area contributed by atoms with E-state index in [1.165, 1.54) is 0 Å². The van der Waals surface area contributed by atoms with Gasteiger partial charge in [0.25, 0.3) is 0 Å². The number of benzene rings is 1. The molecule has 2 aliphatic rings. The Kier molecular flexibility index (Phi) is 3.71. The summed E-state index contributed by atoms with van der Waals surface area (Å²) in [4.78, 5) is 26.3. The third kappa shape index (κ3) is 2.51. The molecule has 0 unspecified atom stereocenters. The van der Waals surface area contributed by atoms with E-state index in [9.17, 15) is 9.59 Å². The van der Waals surface area contributed by atoms with E-state index in [1.807, 2.05) is 31.7 Å². The highest BCUT2D eigenvalue weighted by Gasteiger charge is 2.43. The molecule has 0 radical (unpaired) electrons. The van der Waals surface area contributed by atoms with Crippen LogP contribution in [0.3, 0.4) is 0 Å². The normalized spacial score (nSPS) is 19.8. The van der Waals surface area contributed by atoms with Crippen molar-refractivity contribution >= 4 is 11.7 Å². The maximum atomic E-state index is 12.6. The van der Waals surface area contributed by atoms with Crippen LogP contribution in [0.25, 0.3) is 0 Å². The molecule has 1 aromatic rings. The third-order valence-electron chi connectivity index (χ3n) is 4.85. The number of ketones is 1. The third-order valence-corrected chi connectivity index (χ3v) is 4.85. The molecule has 118 valence electrons. The number of rotatable bonds is 1. The summed E-state index contributed by atoms with van der Waals surface area (Å²) in [6.45, 7) is 7.24. The van der Waals surface area contributed by atoms with Crippen molar-refractivity contribution in [2.75, 3.05) is 13.1 Å². The second-order valence-corrected chi connectivity index (χ2v) is 6.58. The van der Waals surface area contributed by atoms with Crippen molar-refractivity contribution in [1.29, 1.82) is 0 Å². The predicted octanol–water partition coefficient (Wildman–Crippen LogP) is 3.04. The van der Waals surface area contributed by atoms with E-state index in [0.717, 1.165) is 35.3 Å². The van der Waals surface area contributed by atoms with Gasteiger partial charge in [0.1, 0.15) is 11.4 Å². The van der Waals surface area contributed by atoms with E-state index >= 15 is 0 Å². The lowest BCUT2D eigenvalue weighted by Crippen LogP contribution is -2.52. The highest BCUT2D eigenvalue weighted by molar-refractivity contribution is 6.01. The highest BCUT2D eigenvalue weighted by atomic mass is 16.5. The number of ether oxygens (including phenoxy) is 1. The van der Waals surface area contributed by atoms with Crippen molar-refractivity contribution in [2.45, 2.75) is 52.1 Å². The van der Waals surface area contributed by atoms with Gasteiger partial charge in [-0.2, -0.15) is 0 Å². The number of hydrogen-bond acceptors (Lipinski definition) is 3. The number of likely N-dealkylation sites (tertiary alicyclic amines) is 1. The molecule has 1 fully saturated rings. The smallest absolute Gasteiger partial charge is 0.222 e. The topological polar surface area (TPSA) is 46.6 Å². The minimum Gasteiger partial charge on any atom is -0.486 e.